The van der Waals surface area contributed by atoms with E-state index in [9.17, 15) is 4.79 Å². The van der Waals surface area contributed by atoms with Gasteiger partial charge in [0.2, 0.25) is 0 Å². The SMILES string of the molecule is Cc1ccc(OCCNC(=O)/C(=C/c2ccco2)c2ccccc2)c(C)c1. The fourth-order valence-electron chi connectivity index (χ4n) is 2.80. The highest BCUT2D eigenvalue weighted by atomic mass is 16.5. The number of ether oxygens (including phenoxy) is 1. The first-order chi connectivity index (χ1) is 13.1. The molecule has 0 saturated carbocycles. The molecule has 4 nitrogen and oxygen atoms in total. The van der Waals surface area contributed by atoms with E-state index in [1.54, 1.807) is 18.4 Å². The number of aryl methyl sites for hydroxylation is 2. The summed E-state index contributed by atoms with van der Waals surface area (Å²) in [5.41, 5.74) is 3.67. The van der Waals surface area contributed by atoms with Crippen molar-refractivity contribution in [1.29, 1.82) is 0 Å². The van der Waals surface area contributed by atoms with E-state index in [4.69, 9.17) is 9.15 Å². The lowest BCUT2D eigenvalue weighted by Gasteiger charge is -2.12. The lowest BCUT2D eigenvalue weighted by Crippen LogP contribution is -2.28. The largest absolute Gasteiger partial charge is 0.491 e. The Balaban J connectivity index is 1.63. The summed E-state index contributed by atoms with van der Waals surface area (Å²) in [5.74, 6) is 1.31. The Morgan fingerprint density at radius 2 is 1.89 bits per heavy atom. The van der Waals surface area contributed by atoms with E-state index in [0.29, 0.717) is 24.5 Å². The number of hydrogen-bond donors (Lipinski definition) is 1. The van der Waals surface area contributed by atoms with Gasteiger partial charge in [-0.1, -0.05) is 48.0 Å². The van der Waals surface area contributed by atoms with E-state index >= 15 is 0 Å². The zero-order valence-electron chi connectivity index (χ0n) is 15.6. The zero-order valence-corrected chi connectivity index (χ0v) is 15.6. The number of nitrogens with one attached hydrogen (secondary N) is 1. The second-order valence-electron chi connectivity index (χ2n) is 6.31. The van der Waals surface area contributed by atoms with E-state index in [0.717, 1.165) is 16.9 Å². The molecule has 138 valence electrons. The van der Waals surface area contributed by atoms with E-state index in [-0.39, 0.29) is 5.91 Å². The molecule has 1 heterocycles. The standard InChI is InChI=1S/C23H23NO3/c1-17-10-11-22(18(2)15-17)27-14-12-24-23(25)21(16-20-9-6-13-26-20)19-7-4-3-5-8-19/h3-11,13,15-16H,12,14H2,1-2H3,(H,24,25)/b21-16+. The molecule has 2 aromatic carbocycles. The molecule has 0 aliphatic rings. The van der Waals surface area contributed by atoms with E-state index in [1.807, 2.05) is 62.4 Å². The number of benzene rings is 2. The fraction of sp³-hybridized carbons (Fsp3) is 0.174. The molecule has 0 bridgehead atoms. The second-order valence-corrected chi connectivity index (χ2v) is 6.31. The molecule has 0 atom stereocenters. The van der Waals surface area contributed by atoms with Crippen molar-refractivity contribution in [2.45, 2.75) is 13.8 Å². The van der Waals surface area contributed by atoms with Crippen molar-refractivity contribution in [2.24, 2.45) is 0 Å². The third-order valence-corrected chi connectivity index (χ3v) is 4.13. The van der Waals surface area contributed by atoms with Gasteiger partial charge in [0.15, 0.2) is 0 Å². The highest BCUT2D eigenvalue weighted by molar-refractivity contribution is 6.24. The molecule has 1 amide bonds. The minimum Gasteiger partial charge on any atom is -0.491 e. The van der Waals surface area contributed by atoms with Crippen LogP contribution in [0.15, 0.2) is 71.3 Å². The number of carbonyl (C=O) groups excluding carboxylic acids is 1. The number of furan rings is 1. The van der Waals surface area contributed by atoms with Crippen LogP contribution in [0.5, 0.6) is 5.75 Å². The molecule has 0 aliphatic carbocycles. The first kappa shape index (κ1) is 18.5. The van der Waals surface area contributed by atoms with E-state index in [2.05, 4.69) is 11.4 Å². The molecule has 0 saturated heterocycles. The third kappa shape index (κ3) is 5.11. The van der Waals surface area contributed by atoms with Gasteiger partial charge >= 0.3 is 0 Å². The normalized spacial score (nSPS) is 11.3. The predicted molar refractivity (Wildman–Crippen MR) is 107 cm³/mol. The van der Waals surface area contributed by atoms with Crippen LogP contribution in [-0.2, 0) is 4.79 Å². The van der Waals surface area contributed by atoms with Crippen LogP contribution in [0.4, 0.5) is 0 Å². The Hall–Kier alpha value is -3.27. The average molecular weight is 361 g/mol. The Labute approximate surface area is 159 Å². The minimum atomic E-state index is -0.165. The van der Waals surface area contributed by atoms with Crippen LogP contribution in [-0.4, -0.2) is 19.1 Å². The minimum absolute atomic E-state index is 0.165. The average Bonchev–Trinajstić information content (AvgIpc) is 3.18. The van der Waals surface area contributed by atoms with Gasteiger partial charge in [0.25, 0.3) is 5.91 Å². The first-order valence-corrected chi connectivity index (χ1v) is 8.92. The van der Waals surface area contributed by atoms with Gasteiger partial charge in [-0.25, -0.2) is 0 Å². The first-order valence-electron chi connectivity index (χ1n) is 8.92. The molecule has 0 spiro atoms. The monoisotopic (exact) mass is 361 g/mol. The van der Waals surface area contributed by atoms with Crippen LogP contribution < -0.4 is 10.1 Å². The number of rotatable bonds is 7. The summed E-state index contributed by atoms with van der Waals surface area (Å²) in [5, 5.41) is 2.92. The maximum absolute atomic E-state index is 12.7. The molecule has 0 fully saturated rings. The topological polar surface area (TPSA) is 51.5 Å². The third-order valence-electron chi connectivity index (χ3n) is 4.13. The molecular formula is C23H23NO3. The van der Waals surface area contributed by atoms with Gasteiger partial charge in [-0.15, -0.1) is 0 Å². The van der Waals surface area contributed by atoms with Crippen LogP contribution in [0, 0.1) is 13.8 Å². The molecule has 3 rings (SSSR count). The van der Waals surface area contributed by atoms with Gasteiger partial charge in [-0.2, -0.15) is 0 Å². The van der Waals surface area contributed by atoms with Gasteiger partial charge < -0.3 is 14.5 Å². The second kappa shape index (κ2) is 8.90. The summed E-state index contributed by atoms with van der Waals surface area (Å²) in [4.78, 5) is 12.7. The summed E-state index contributed by atoms with van der Waals surface area (Å²) in [6.07, 6.45) is 3.33. The maximum Gasteiger partial charge on any atom is 0.252 e. The van der Waals surface area contributed by atoms with Gasteiger partial charge in [0.1, 0.15) is 18.1 Å². The molecule has 0 unspecified atom stereocenters. The Bertz CT molecular complexity index is 912. The molecule has 4 heteroatoms. The van der Waals surface area contributed by atoms with Crippen molar-refractivity contribution in [3.8, 4) is 5.75 Å². The summed E-state index contributed by atoms with van der Waals surface area (Å²) in [7, 11) is 0. The zero-order chi connectivity index (χ0) is 19.1. The highest BCUT2D eigenvalue weighted by Gasteiger charge is 2.12. The van der Waals surface area contributed by atoms with Crippen LogP contribution in [0.25, 0.3) is 11.6 Å². The van der Waals surface area contributed by atoms with Gasteiger partial charge in [-0.05, 0) is 49.2 Å². The fourth-order valence-corrected chi connectivity index (χ4v) is 2.80. The van der Waals surface area contributed by atoms with E-state index in [1.165, 1.54) is 5.56 Å². The van der Waals surface area contributed by atoms with Crippen LogP contribution in [0.3, 0.4) is 0 Å². The summed E-state index contributed by atoms with van der Waals surface area (Å²) >= 11 is 0. The summed E-state index contributed by atoms with van der Waals surface area (Å²) in [6, 6.07) is 19.2. The molecule has 0 radical (unpaired) electrons. The Morgan fingerprint density at radius 3 is 2.59 bits per heavy atom. The van der Waals surface area contributed by atoms with Crippen molar-refractivity contribution >= 4 is 17.6 Å². The Kier molecular flexibility index (Phi) is 6.10. The quantitative estimate of drug-likeness (QED) is 0.493. The van der Waals surface area contributed by atoms with E-state index < -0.39 is 0 Å². The van der Waals surface area contributed by atoms with Gasteiger partial charge in [0, 0.05) is 0 Å². The number of amides is 1. The van der Waals surface area contributed by atoms with Crippen LogP contribution >= 0.6 is 0 Å². The highest BCUT2D eigenvalue weighted by Crippen LogP contribution is 2.20. The smallest absolute Gasteiger partial charge is 0.252 e. The van der Waals surface area contributed by atoms with Crippen molar-refractivity contribution in [3.05, 3.63) is 89.4 Å². The molecule has 0 aliphatic heterocycles. The van der Waals surface area contributed by atoms with Crippen molar-refractivity contribution in [2.75, 3.05) is 13.2 Å². The summed E-state index contributed by atoms with van der Waals surface area (Å²) < 4.78 is 11.1. The van der Waals surface area contributed by atoms with Crippen molar-refractivity contribution < 1.29 is 13.9 Å². The van der Waals surface area contributed by atoms with Gasteiger partial charge in [0.05, 0.1) is 18.4 Å². The maximum atomic E-state index is 12.7. The molecule has 1 N–H and O–H groups in total. The lowest BCUT2D eigenvalue weighted by molar-refractivity contribution is -0.115. The number of carbonyl (C=O) groups is 1. The van der Waals surface area contributed by atoms with Gasteiger partial charge in [-0.3, -0.25) is 4.79 Å². The summed E-state index contributed by atoms with van der Waals surface area (Å²) in [6.45, 7) is 4.88. The molecular weight excluding hydrogens is 338 g/mol. The molecule has 1 aromatic heterocycles. The van der Waals surface area contributed by atoms with Crippen molar-refractivity contribution in [3.63, 3.8) is 0 Å². The molecule has 27 heavy (non-hydrogen) atoms. The lowest BCUT2D eigenvalue weighted by atomic mass is 10.0. The van der Waals surface area contributed by atoms with Crippen LogP contribution in [0.1, 0.15) is 22.5 Å². The van der Waals surface area contributed by atoms with Crippen LogP contribution in [0.2, 0.25) is 0 Å². The molecule has 3 aromatic rings. The Morgan fingerprint density at radius 1 is 1.07 bits per heavy atom. The number of hydrogen-bond acceptors (Lipinski definition) is 3. The van der Waals surface area contributed by atoms with Crippen molar-refractivity contribution in [1.82, 2.24) is 5.32 Å². The predicted octanol–water partition coefficient (Wildman–Crippen LogP) is 4.63.